The van der Waals surface area contributed by atoms with Crippen molar-refractivity contribution in [2.75, 3.05) is 19.0 Å². The summed E-state index contributed by atoms with van der Waals surface area (Å²) in [5.74, 6) is -3.99. The van der Waals surface area contributed by atoms with Gasteiger partial charge in [-0.15, -0.1) is 0 Å². The Labute approximate surface area is 200 Å². The van der Waals surface area contributed by atoms with Crippen LogP contribution < -0.4 is 16.4 Å². The molecule has 3 amide bonds. The first kappa shape index (κ1) is 25.6. The van der Waals surface area contributed by atoms with Gasteiger partial charge in [-0.2, -0.15) is 0 Å². The van der Waals surface area contributed by atoms with E-state index in [9.17, 15) is 23.2 Å². The molecule has 3 rings (SSSR count). The lowest BCUT2D eigenvalue weighted by Crippen LogP contribution is -2.37. The quantitative estimate of drug-likeness (QED) is 0.516. The maximum absolute atomic E-state index is 14.0. The minimum Gasteiger partial charge on any atom is -0.383 e. The highest BCUT2D eigenvalue weighted by Gasteiger charge is 2.32. The molecule has 0 aliphatic heterocycles. The average molecular weight is 498 g/mol. The molecule has 1 aromatic carbocycles. The highest BCUT2D eigenvalue weighted by Crippen LogP contribution is 2.35. The largest absolute Gasteiger partial charge is 0.383 e. The first-order valence-electron chi connectivity index (χ1n) is 10.7. The number of nitrogens with one attached hydrogen (secondary N) is 2. The van der Waals surface area contributed by atoms with E-state index < -0.39 is 35.3 Å². The van der Waals surface area contributed by atoms with Crippen LogP contribution >= 0.6 is 11.6 Å². The number of halogens is 3. The summed E-state index contributed by atoms with van der Waals surface area (Å²) in [4.78, 5) is 41.5. The molecule has 1 aliphatic carbocycles. The summed E-state index contributed by atoms with van der Waals surface area (Å²) >= 11 is 5.86. The molecule has 184 valence electrons. The number of anilines is 1. The Hall–Kier alpha value is -3.05. The lowest BCUT2D eigenvalue weighted by molar-refractivity contribution is -0.121. The lowest BCUT2D eigenvalue weighted by Gasteiger charge is -2.29. The number of ether oxygens (including phenoxy) is 1. The average Bonchev–Trinajstić information content (AvgIpc) is 3.22. The van der Waals surface area contributed by atoms with Gasteiger partial charge >= 0.3 is 0 Å². The van der Waals surface area contributed by atoms with Crippen LogP contribution in [0.15, 0.2) is 18.5 Å². The molecule has 4 N–H and O–H groups in total. The van der Waals surface area contributed by atoms with Crippen LogP contribution in [-0.4, -0.2) is 47.0 Å². The number of hydrogen-bond donors (Lipinski definition) is 3. The predicted octanol–water partition coefficient (Wildman–Crippen LogP) is 3.05. The van der Waals surface area contributed by atoms with E-state index in [-0.39, 0.29) is 40.8 Å². The minimum atomic E-state index is -0.956. The van der Waals surface area contributed by atoms with Crippen LogP contribution in [0, 0.1) is 17.6 Å². The van der Waals surface area contributed by atoms with Gasteiger partial charge in [-0.05, 0) is 38.7 Å². The van der Waals surface area contributed by atoms with Crippen molar-refractivity contribution in [3.8, 4) is 0 Å². The zero-order valence-corrected chi connectivity index (χ0v) is 19.5. The highest BCUT2D eigenvalue weighted by molar-refractivity contribution is 6.33. The number of nitrogens with two attached hydrogens (primary N) is 1. The van der Waals surface area contributed by atoms with Crippen molar-refractivity contribution >= 4 is 35.0 Å². The first-order chi connectivity index (χ1) is 16.1. The van der Waals surface area contributed by atoms with Gasteiger partial charge in [0.15, 0.2) is 11.5 Å². The van der Waals surface area contributed by atoms with Gasteiger partial charge in [0.05, 0.1) is 23.6 Å². The number of hydrogen-bond acceptors (Lipinski definition) is 5. The fourth-order valence-corrected chi connectivity index (χ4v) is 4.38. The molecule has 1 heterocycles. The van der Waals surface area contributed by atoms with Crippen molar-refractivity contribution in [3.63, 3.8) is 0 Å². The van der Waals surface area contributed by atoms with Crippen LogP contribution in [0.4, 0.5) is 14.5 Å². The van der Waals surface area contributed by atoms with E-state index in [0.717, 1.165) is 6.07 Å². The summed E-state index contributed by atoms with van der Waals surface area (Å²) in [5, 5.41) is 4.91. The van der Waals surface area contributed by atoms with Gasteiger partial charge in [-0.25, -0.2) is 13.8 Å². The number of amides is 3. The van der Waals surface area contributed by atoms with Gasteiger partial charge in [0.1, 0.15) is 11.5 Å². The number of primary amides is 1. The van der Waals surface area contributed by atoms with Gasteiger partial charge < -0.3 is 25.7 Å². The van der Waals surface area contributed by atoms with E-state index in [1.165, 1.54) is 13.4 Å². The number of carbonyl (C=O) groups excluding carboxylic acids is 3. The molecular formula is C22H26ClF2N5O4. The van der Waals surface area contributed by atoms with Crippen molar-refractivity contribution in [1.29, 1.82) is 0 Å². The SMILES string of the molecule is COC[C@H](C)NC(=O)c1ncn([C@H]2CC[C@H](C(=O)Nc3c(F)cc(F)cc3Cl)CC2)c1C(N)=O. The highest BCUT2D eigenvalue weighted by atomic mass is 35.5. The molecule has 1 atom stereocenters. The zero-order valence-electron chi connectivity index (χ0n) is 18.7. The van der Waals surface area contributed by atoms with E-state index in [2.05, 4.69) is 15.6 Å². The first-order valence-corrected chi connectivity index (χ1v) is 11.1. The van der Waals surface area contributed by atoms with Crippen LogP contribution in [0.25, 0.3) is 0 Å². The van der Waals surface area contributed by atoms with E-state index in [1.807, 2.05) is 0 Å². The van der Waals surface area contributed by atoms with Gasteiger partial charge in [0, 0.05) is 31.2 Å². The summed E-state index contributed by atoms with van der Waals surface area (Å²) in [6, 6.07) is 1.07. The Kier molecular flexibility index (Phi) is 8.21. The van der Waals surface area contributed by atoms with Crippen LogP contribution in [-0.2, 0) is 9.53 Å². The standard InChI is InChI=1S/C22H26ClF2N5O4/c1-11(9-34-2)28-22(33)18-19(20(26)31)30(10-27-18)14-5-3-12(4-6-14)21(32)29-17-15(23)7-13(24)8-16(17)25/h7-8,10-12,14H,3-6,9H2,1-2H3,(H2,26,31)(H,28,33)(H,29,32)/t11-,12-,14-/m0/s1. The second kappa shape index (κ2) is 10.9. The summed E-state index contributed by atoms with van der Waals surface area (Å²) < 4.78 is 33.8. The third kappa shape index (κ3) is 5.71. The van der Waals surface area contributed by atoms with Crippen molar-refractivity contribution in [2.24, 2.45) is 11.7 Å². The minimum absolute atomic E-state index is 0.00446. The number of aromatic nitrogens is 2. The predicted molar refractivity (Wildman–Crippen MR) is 121 cm³/mol. The van der Waals surface area contributed by atoms with Gasteiger partial charge in [0.2, 0.25) is 5.91 Å². The van der Waals surface area contributed by atoms with Crippen molar-refractivity contribution < 1.29 is 27.9 Å². The van der Waals surface area contributed by atoms with Crippen molar-refractivity contribution in [3.05, 3.63) is 46.5 Å². The monoisotopic (exact) mass is 497 g/mol. The second-order valence-corrected chi connectivity index (χ2v) is 8.69. The number of carbonyl (C=O) groups is 3. The van der Waals surface area contributed by atoms with Crippen LogP contribution in [0.5, 0.6) is 0 Å². The maximum Gasteiger partial charge on any atom is 0.272 e. The molecule has 9 nitrogen and oxygen atoms in total. The smallest absolute Gasteiger partial charge is 0.272 e. The summed E-state index contributed by atoms with van der Waals surface area (Å²) in [5.41, 5.74) is 5.21. The molecule has 34 heavy (non-hydrogen) atoms. The van der Waals surface area contributed by atoms with Crippen LogP contribution in [0.1, 0.15) is 59.6 Å². The van der Waals surface area contributed by atoms with E-state index >= 15 is 0 Å². The molecule has 2 aromatic rings. The number of imidazole rings is 1. The van der Waals surface area contributed by atoms with Crippen molar-refractivity contribution in [1.82, 2.24) is 14.9 Å². The molecule has 0 bridgehead atoms. The molecule has 1 saturated carbocycles. The number of methoxy groups -OCH3 is 1. The molecule has 12 heteroatoms. The molecule has 0 spiro atoms. The second-order valence-electron chi connectivity index (χ2n) is 8.28. The van der Waals surface area contributed by atoms with Gasteiger partial charge in [-0.1, -0.05) is 11.6 Å². The van der Waals surface area contributed by atoms with Gasteiger partial charge in [-0.3, -0.25) is 14.4 Å². The van der Waals surface area contributed by atoms with Crippen LogP contribution in [0.2, 0.25) is 5.02 Å². The van der Waals surface area contributed by atoms with E-state index in [4.69, 9.17) is 22.1 Å². The number of benzene rings is 1. The third-order valence-electron chi connectivity index (χ3n) is 5.75. The lowest BCUT2D eigenvalue weighted by atomic mass is 9.85. The molecule has 0 saturated heterocycles. The van der Waals surface area contributed by atoms with Crippen molar-refractivity contribution in [2.45, 2.75) is 44.7 Å². The Balaban J connectivity index is 1.68. The fraction of sp³-hybridized carbons (Fsp3) is 0.455. The number of rotatable bonds is 8. The molecule has 1 aliphatic rings. The van der Waals surface area contributed by atoms with Crippen LogP contribution in [0.3, 0.4) is 0 Å². The molecule has 1 aromatic heterocycles. The molecule has 0 radical (unpaired) electrons. The Morgan fingerprint density at radius 1 is 1.26 bits per heavy atom. The number of nitrogens with zero attached hydrogens (tertiary/aromatic N) is 2. The molecule has 1 fully saturated rings. The van der Waals surface area contributed by atoms with Gasteiger partial charge in [0.25, 0.3) is 11.8 Å². The fourth-order valence-electron chi connectivity index (χ4n) is 4.13. The topological polar surface area (TPSA) is 128 Å². The summed E-state index contributed by atoms with van der Waals surface area (Å²) in [7, 11) is 1.51. The van der Waals surface area contributed by atoms with E-state index in [1.54, 1.807) is 11.5 Å². The normalized spacial score (nSPS) is 18.9. The Morgan fingerprint density at radius 2 is 1.94 bits per heavy atom. The summed E-state index contributed by atoms with van der Waals surface area (Å²) in [6.45, 7) is 2.04. The third-order valence-corrected chi connectivity index (χ3v) is 6.05. The maximum atomic E-state index is 14.0. The zero-order chi connectivity index (χ0) is 25.0. The molecule has 0 unspecified atom stereocenters. The Morgan fingerprint density at radius 3 is 2.53 bits per heavy atom. The Bertz CT molecular complexity index is 1060. The van der Waals surface area contributed by atoms with E-state index in [0.29, 0.717) is 31.7 Å². The molecular weight excluding hydrogens is 472 g/mol. The summed E-state index contributed by atoms with van der Waals surface area (Å²) in [6.07, 6.45) is 3.25.